The molecule has 0 bridgehead atoms. The molecule has 0 aliphatic rings. The van der Waals surface area contributed by atoms with Crippen LogP contribution in [0.1, 0.15) is 25.8 Å². The Morgan fingerprint density at radius 3 is 2.35 bits per heavy atom. The summed E-state index contributed by atoms with van der Waals surface area (Å²) in [6, 6.07) is 6.08. The number of esters is 1. The Hall–Kier alpha value is -2.04. The summed E-state index contributed by atoms with van der Waals surface area (Å²) in [5, 5.41) is 11.9. The molecule has 0 saturated heterocycles. The Balaban J connectivity index is 2.49. The minimum atomic E-state index is -0.618. The highest BCUT2D eigenvalue weighted by Gasteiger charge is 2.24. The molecule has 0 heterocycles. The van der Waals surface area contributed by atoms with Crippen LogP contribution in [0.15, 0.2) is 24.3 Å². The summed E-state index contributed by atoms with van der Waals surface area (Å²) in [4.78, 5) is 23.4. The molecule has 5 heteroatoms. The maximum atomic E-state index is 11.9. The average molecular weight is 279 g/mol. The number of phenols is 1. The van der Waals surface area contributed by atoms with Gasteiger partial charge in [0.2, 0.25) is 5.91 Å². The number of methoxy groups -OCH3 is 1. The van der Waals surface area contributed by atoms with E-state index < -0.39 is 12.0 Å². The van der Waals surface area contributed by atoms with Crippen LogP contribution in [0, 0.1) is 5.92 Å². The summed E-state index contributed by atoms with van der Waals surface area (Å²) in [6.07, 6.45) is 0.836. The molecular formula is C15H21NO4. The Bertz CT molecular complexity index is 453. The van der Waals surface area contributed by atoms with Gasteiger partial charge in [0.25, 0.3) is 0 Å². The van der Waals surface area contributed by atoms with Crippen LogP contribution in [0.3, 0.4) is 0 Å². The standard InChI is InChI=1S/C15H21NO4/c1-10(2)14(15(19)20-3)16-13(18)9-6-11-4-7-12(17)8-5-11/h4-5,7-8,10,14,17H,6,9H2,1-3H3,(H,16,18). The van der Waals surface area contributed by atoms with Gasteiger partial charge in [-0.15, -0.1) is 0 Å². The first-order valence-corrected chi connectivity index (χ1v) is 6.59. The highest BCUT2D eigenvalue weighted by Crippen LogP contribution is 2.11. The number of phenolic OH excluding ortho intramolecular Hbond substituents is 1. The largest absolute Gasteiger partial charge is 0.508 e. The van der Waals surface area contributed by atoms with Crippen molar-refractivity contribution >= 4 is 11.9 Å². The number of aromatic hydroxyl groups is 1. The van der Waals surface area contributed by atoms with Gasteiger partial charge in [0, 0.05) is 6.42 Å². The molecule has 0 saturated carbocycles. The highest BCUT2D eigenvalue weighted by atomic mass is 16.5. The normalized spacial score (nSPS) is 12.0. The van der Waals surface area contributed by atoms with E-state index >= 15 is 0 Å². The second-order valence-electron chi connectivity index (χ2n) is 4.98. The molecule has 2 N–H and O–H groups in total. The van der Waals surface area contributed by atoms with Crippen molar-refractivity contribution in [3.05, 3.63) is 29.8 Å². The smallest absolute Gasteiger partial charge is 0.328 e. The maximum absolute atomic E-state index is 11.9. The fraction of sp³-hybridized carbons (Fsp3) is 0.467. The molecule has 1 aromatic rings. The van der Waals surface area contributed by atoms with Gasteiger partial charge in [-0.2, -0.15) is 0 Å². The number of nitrogens with one attached hydrogen (secondary N) is 1. The van der Waals surface area contributed by atoms with Crippen LogP contribution >= 0.6 is 0 Å². The average Bonchev–Trinajstić information content (AvgIpc) is 2.43. The Morgan fingerprint density at radius 2 is 1.85 bits per heavy atom. The first-order chi connectivity index (χ1) is 9.43. The van der Waals surface area contributed by atoms with Crippen LogP contribution in [-0.4, -0.2) is 30.1 Å². The van der Waals surface area contributed by atoms with Crippen LogP contribution in [0.2, 0.25) is 0 Å². The Labute approximate surface area is 118 Å². The van der Waals surface area contributed by atoms with Crippen molar-refractivity contribution in [1.29, 1.82) is 0 Å². The fourth-order valence-corrected chi connectivity index (χ4v) is 1.79. The second-order valence-corrected chi connectivity index (χ2v) is 4.98. The zero-order chi connectivity index (χ0) is 15.1. The number of hydrogen-bond donors (Lipinski definition) is 2. The van der Waals surface area contributed by atoms with Crippen molar-refractivity contribution in [3.8, 4) is 5.75 Å². The molecule has 0 spiro atoms. The van der Waals surface area contributed by atoms with E-state index in [1.165, 1.54) is 7.11 Å². The molecular weight excluding hydrogens is 258 g/mol. The van der Waals surface area contributed by atoms with Gasteiger partial charge in [0.05, 0.1) is 7.11 Å². The van der Waals surface area contributed by atoms with Crippen molar-refractivity contribution in [2.45, 2.75) is 32.7 Å². The molecule has 1 aromatic carbocycles. The van der Waals surface area contributed by atoms with Crippen molar-refractivity contribution in [2.75, 3.05) is 7.11 Å². The number of rotatable bonds is 6. The van der Waals surface area contributed by atoms with E-state index in [4.69, 9.17) is 0 Å². The van der Waals surface area contributed by atoms with Crippen molar-refractivity contribution in [3.63, 3.8) is 0 Å². The third-order valence-corrected chi connectivity index (χ3v) is 3.02. The number of benzene rings is 1. The predicted molar refractivity (Wildman–Crippen MR) is 75.2 cm³/mol. The highest BCUT2D eigenvalue weighted by molar-refractivity contribution is 5.84. The lowest BCUT2D eigenvalue weighted by atomic mass is 10.0. The minimum absolute atomic E-state index is 0.0277. The number of amides is 1. The molecule has 1 atom stereocenters. The lowest BCUT2D eigenvalue weighted by molar-refractivity contribution is -0.146. The Morgan fingerprint density at radius 1 is 1.25 bits per heavy atom. The maximum Gasteiger partial charge on any atom is 0.328 e. The molecule has 0 radical (unpaired) electrons. The summed E-state index contributed by atoms with van der Waals surface area (Å²) in [6.45, 7) is 3.70. The van der Waals surface area contributed by atoms with Crippen LogP contribution in [0.4, 0.5) is 0 Å². The number of ether oxygens (including phenoxy) is 1. The summed E-state index contributed by atoms with van der Waals surface area (Å²) in [5.74, 6) is -0.455. The van der Waals surface area contributed by atoms with E-state index in [2.05, 4.69) is 10.1 Å². The molecule has 1 unspecified atom stereocenters. The van der Waals surface area contributed by atoms with Gasteiger partial charge in [-0.05, 0) is 30.0 Å². The quantitative estimate of drug-likeness (QED) is 0.776. The molecule has 1 amide bonds. The lowest BCUT2D eigenvalue weighted by Gasteiger charge is -2.19. The van der Waals surface area contributed by atoms with E-state index in [-0.39, 0.29) is 24.0 Å². The second kappa shape index (κ2) is 7.53. The molecule has 5 nitrogen and oxygen atoms in total. The predicted octanol–water partition coefficient (Wildman–Crippen LogP) is 1.64. The van der Waals surface area contributed by atoms with E-state index in [0.717, 1.165) is 5.56 Å². The molecule has 110 valence electrons. The van der Waals surface area contributed by atoms with Gasteiger partial charge in [0.15, 0.2) is 0 Å². The summed E-state index contributed by atoms with van der Waals surface area (Å²) in [7, 11) is 1.31. The third-order valence-electron chi connectivity index (χ3n) is 3.02. The molecule has 0 fully saturated rings. The van der Waals surface area contributed by atoms with E-state index in [1.54, 1.807) is 24.3 Å². The summed E-state index contributed by atoms with van der Waals surface area (Å²) >= 11 is 0. The van der Waals surface area contributed by atoms with E-state index in [1.807, 2.05) is 13.8 Å². The minimum Gasteiger partial charge on any atom is -0.508 e. The SMILES string of the molecule is COC(=O)C(NC(=O)CCc1ccc(O)cc1)C(C)C. The fourth-order valence-electron chi connectivity index (χ4n) is 1.79. The van der Waals surface area contributed by atoms with Crippen LogP contribution in [0.5, 0.6) is 5.75 Å². The molecule has 1 rings (SSSR count). The van der Waals surface area contributed by atoms with Gasteiger partial charge in [-0.3, -0.25) is 4.79 Å². The Kier molecular flexibility index (Phi) is 6.03. The molecule has 0 aliphatic heterocycles. The molecule has 20 heavy (non-hydrogen) atoms. The van der Waals surface area contributed by atoms with Crippen LogP contribution < -0.4 is 5.32 Å². The number of carbonyl (C=O) groups excluding carboxylic acids is 2. The first kappa shape index (κ1) is 16.0. The van der Waals surface area contributed by atoms with E-state index in [0.29, 0.717) is 6.42 Å². The van der Waals surface area contributed by atoms with Gasteiger partial charge in [0.1, 0.15) is 11.8 Å². The van der Waals surface area contributed by atoms with Crippen LogP contribution in [0.25, 0.3) is 0 Å². The first-order valence-electron chi connectivity index (χ1n) is 6.59. The molecule has 0 aliphatic carbocycles. The van der Waals surface area contributed by atoms with Crippen molar-refractivity contribution < 1.29 is 19.4 Å². The summed E-state index contributed by atoms with van der Waals surface area (Å²) < 4.78 is 4.67. The summed E-state index contributed by atoms with van der Waals surface area (Å²) in [5.41, 5.74) is 0.956. The van der Waals surface area contributed by atoms with Crippen LogP contribution in [-0.2, 0) is 20.7 Å². The molecule has 0 aromatic heterocycles. The van der Waals surface area contributed by atoms with E-state index in [9.17, 15) is 14.7 Å². The zero-order valence-electron chi connectivity index (χ0n) is 12.1. The topological polar surface area (TPSA) is 75.6 Å². The monoisotopic (exact) mass is 279 g/mol. The van der Waals surface area contributed by atoms with Crippen molar-refractivity contribution in [1.82, 2.24) is 5.32 Å². The van der Waals surface area contributed by atoms with Gasteiger partial charge < -0.3 is 15.2 Å². The van der Waals surface area contributed by atoms with Gasteiger partial charge in [-0.25, -0.2) is 4.79 Å². The van der Waals surface area contributed by atoms with Gasteiger partial charge >= 0.3 is 5.97 Å². The number of carbonyl (C=O) groups is 2. The number of hydrogen-bond acceptors (Lipinski definition) is 4. The van der Waals surface area contributed by atoms with Gasteiger partial charge in [-0.1, -0.05) is 26.0 Å². The number of aryl methyl sites for hydroxylation is 1. The zero-order valence-corrected chi connectivity index (χ0v) is 12.1. The third kappa shape index (κ3) is 4.91. The van der Waals surface area contributed by atoms with Crippen molar-refractivity contribution in [2.24, 2.45) is 5.92 Å². The lowest BCUT2D eigenvalue weighted by Crippen LogP contribution is -2.45.